The van der Waals surface area contributed by atoms with E-state index in [4.69, 9.17) is 4.43 Å². The maximum Gasteiger partial charge on any atom is 0.206 e. The lowest BCUT2D eigenvalue weighted by molar-refractivity contribution is 0.277. The van der Waals surface area contributed by atoms with E-state index in [9.17, 15) is 0 Å². The molecule has 0 amide bonds. The Morgan fingerprint density at radius 3 is 1.85 bits per heavy atom. The molecule has 0 N–H and O–H groups in total. The molecule has 2 aliphatic rings. The summed E-state index contributed by atoms with van der Waals surface area (Å²) in [5.74, 6) is 2.61. The molecule has 1 heterocycles. The summed E-state index contributed by atoms with van der Waals surface area (Å²) in [7, 11) is -1.82. The van der Waals surface area contributed by atoms with Gasteiger partial charge in [-0.25, -0.2) is 0 Å². The van der Waals surface area contributed by atoms with Crippen LogP contribution in [-0.2, 0) is 4.43 Å². The van der Waals surface area contributed by atoms with Crippen LogP contribution in [0.2, 0.25) is 15.6 Å². The number of rotatable bonds is 1. The topological polar surface area (TPSA) is 9.23 Å². The van der Waals surface area contributed by atoms with Gasteiger partial charge in [0.2, 0.25) is 8.32 Å². The van der Waals surface area contributed by atoms with Crippen molar-refractivity contribution < 1.29 is 4.43 Å². The molecule has 1 saturated carbocycles. The molecule has 20 heavy (non-hydrogen) atoms. The highest BCUT2D eigenvalue weighted by molar-refractivity contribution is 6.81. The molecule has 4 atom stereocenters. The average molecular weight is 297 g/mol. The van der Waals surface area contributed by atoms with Crippen molar-refractivity contribution >= 4 is 8.32 Å². The predicted octanol–water partition coefficient (Wildman–Crippen LogP) is 6.00. The lowest BCUT2D eigenvalue weighted by atomic mass is 9.93. The summed E-state index contributed by atoms with van der Waals surface area (Å²) in [6.07, 6.45) is 4.33. The van der Waals surface area contributed by atoms with Gasteiger partial charge in [0.15, 0.2) is 0 Å². The van der Waals surface area contributed by atoms with Crippen LogP contribution in [0.25, 0.3) is 0 Å². The molecule has 0 aromatic carbocycles. The van der Waals surface area contributed by atoms with Crippen molar-refractivity contribution in [3.05, 3.63) is 0 Å². The molecule has 1 aliphatic carbocycles. The summed E-state index contributed by atoms with van der Waals surface area (Å²) in [5, 5.41) is 0.652. The van der Waals surface area contributed by atoms with Crippen molar-refractivity contribution in [2.45, 2.75) is 90.3 Å². The molecule has 2 rings (SSSR count). The summed E-state index contributed by atoms with van der Waals surface area (Å²) in [6.45, 7) is 20.6. The molecule has 0 aromatic rings. The highest BCUT2D eigenvalue weighted by Gasteiger charge is 2.65. The second-order valence-corrected chi connectivity index (χ2v) is 15.2. The Morgan fingerprint density at radius 2 is 1.45 bits per heavy atom. The van der Waals surface area contributed by atoms with Crippen LogP contribution in [0.4, 0.5) is 0 Å². The Labute approximate surface area is 128 Å². The van der Waals surface area contributed by atoms with Crippen LogP contribution in [0.1, 0.15) is 74.7 Å². The summed E-state index contributed by atoms with van der Waals surface area (Å²) in [4.78, 5) is 0. The molecule has 0 spiro atoms. The fourth-order valence-electron chi connectivity index (χ4n) is 5.80. The first-order chi connectivity index (χ1) is 9.00. The molecule has 0 aromatic heterocycles. The SMILES string of the molecule is C[C@@H]1CC[C@H]([C@H]2[C@@H](C)CO[Si]2(C(C)(C)C)C(C)(C)C)C1. The van der Waals surface area contributed by atoms with E-state index in [2.05, 4.69) is 55.4 Å². The Bertz CT molecular complexity index is 335. The van der Waals surface area contributed by atoms with E-state index in [-0.39, 0.29) is 0 Å². The van der Waals surface area contributed by atoms with Crippen molar-refractivity contribution in [1.29, 1.82) is 0 Å². The van der Waals surface area contributed by atoms with Crippen LogP contribution in [0.5, 0.6) is 0 Å². The van der Waals surface area contributed by atoms with E-state index in [1.54, 1.807) is 0 Å². The Kier molecular flexibility index (Phi) is 4.24. The first-order valence-electron chi connectivity index (χ1n) is 8.64. The maximum absolute atomic E-state index is 6.78. The van der Waals surface area contributed by atoms with Crippen LogP contribution in [-0.4, -0.2) is 14.9 Å². The Balaban J connectivity index is 2.44. The van der Waals surface area contributed by atoms with E-state index >= 15 is 0 Å². The van der Waals surface area contributed by atoms with Gasteiger partial charge in [0, 0.05) is 6.61 Å². The molecule has 0 radical (unpaired) electrons. The van der Waals surface area contributed by atoms with Gasteiger partial charge >= 0.3 is 0 Å². The normalized spacial score (nSPS) is 38.4. The van der Waals surface area contributed by atoms with Gasteiger partial charge in [-0.15, -0.1) is 0 Å². The quantitative estimate of drug-likeness (QED) is 0.539. The molecule has 0 unspecified atom stereocenters. The van der Waals surface area contributed by atoms with Crippen LogP contribution in [0.3, 0.4) is 0 Å². The third-order valence-electron chi connectivity index (χ3n) is 6.13. The standard InChI is InChI=1S/C18H36OSi/c1-13-9-10-15(11-13)16-14(2)12-19-20(16,17(3,4)5)18(6,7)8/h13-16H,9-12H2,1-8H3/t13-,14+,15+,16-/m1/s1. The van der Waals surface area contributed by atoms with Gasteiger partial charge in [-0.05, 0) is 39.8 Å². The van der Waals surface area contributed by atoms with E-state index in [1.807, 2.05) is 0 Å². The van der Waals surface area contributed by atoms with Gasteiger partial charge in [0.25, 0.3) is 0 Å². The fourth-order valence-corrected chi connectivity index (χ4v) is 13.5. The highest BCUT2D eigenvalue weighted by atomic mass is 28.4. The second kappa shape index (κ2) is 5.12. The largest absolute Gasteiger partial charge is 0.415 e. The summed E-state index contributed by atoms with van der Waals surface area (Å²) in [5.41, 5.74) is 0.854. The highest BCUT2D eigenvalue weighted by Crippen LogP contribution is 2.65. The maximum atomic E-state index is 6.78. The zero-order valence-corrected chi connectivity index (χ0v) is 16.0. The minimum absolute atomic E-state index is 0.326. The van der Waals surface area contributed by atoms with E-state index in [0.29, 0.717) is 10.1 Å². The van der Waals surface area contributed by atoms with Crippen molar-refractivity contribution in [2.75, 3.05) is 6.61 Å². The zero-order valence-electron chi connectivity index (χ0n) is 15.0. The van der Waals surface area contributed by atoms with Crippen molar-refractivity contribution in [1.82, 2.24) is 0 Å². The van der Waals surface area contributed by atoms with E-state index in [0.717, 1.165) is 29.9 Å². The predicted molar refractivity (Wildman–Crippen MR) is 90.6 cm³/mol. The lowest BCUT2D eigenvalue weighted by Crippen LogP contribution is -2.56. The lowest BCUT2D eigenvalue weighted by Gasteiger charge is -2.53. The van der Waals surface area contributed by atoms with E-state index < -0.39 is 8.32 Å². The van der Waals surface area contributed by atoms with Crippen LogP contribution in [0, 0.1) is 17.8 Å². The molecule has 0 bridgehead atoms. The summed E-state index contributed by atoms with van der Waals surface area (Å²) < 4.78 is 6.78. The van der Waals surface area contributed by atoms with Crippen LogP contribution < -0.4 is 0 Å². The first-order valence-corrected chi connectivity index (χ1v) is 10.6. The Morgan fingerprint density at radius 1 is 0.900 bits per heavy atom. The molecule has 2 heteroatoms. The van der Waals surface area contributed by atoms with Crippen LogP contribution >= 0.6 is 0 Å². The minimum Gasteiger partial charge on any atom is -0.415 e. The minimum atomic E-state index is -1.82. The smallest absolute Gasteiger partial charge is 0.206 e. The van der Waals surface area contributed by atoms with Crippen molar-refractivity contribution in [3.63, 3.8) is 0 Å². The number of hydrogen-bond acceptors (Lipinski definition) is 1. The van der Waals surface area contributed by atoms with Crippen LogP contribution in [0.15, 0.2) is 0 Å². The monoisotopic (exact) mass is 296 g/mol. The second-order valence-electron chi connectivity index (χ2n) is 9.73. The van der Waals surface area contributed by atoms with Crippen molar-refractivity contribution in [2.24, 2.45) is 17.8 Å². The zero-order chi connectivity index (χ0) is 15.3. The Hall–Kier alpha value is 0.177. The molecule has 118 valence electrons. The fraction of sp³-hybridized carbons (Fsp3) is 1.00. The third kappa shape index (κ3) is 2.41. The van der Waals surface area contributed by atoms with Gasteiger partial charge in [0.1, 0.15) is 0 Å². The number of hydrogen-bond donors (Lipinski definition) is 0. The van der Waals surface area contributed by atoms with Gasteiger partial charge in [-0.3, -0.25) is 0 Å². The first kappa shape index (κ1) is 16.5. The molecule has 2 fully saturated rings. The molecule has 1 saturated heterocycles. The molecule has 1 aliphatic heterocycles. The van der Waals surface area contributed by atoms with E-state index in [1.165, 1.54) is 19.3 Å². The molecule has 1 nitrogen and oxygen atoms in total. The van der Waals surface area contributed by atoms with Gasteiger partial charge in [-0.2, -0.15) is 0 Å². The third-order valence-corrected chi connectivity index (χ3v) is 13.2. The average Bonchev–Trinajstić information content (AvgIpc) is 2.80. The van der Waals surface area contributed by atoms with Gasteiger partial charge < -0.3 is 4.43 Å². The molecular formula is C18H36OSi. The summed E-state index contributed by atoms with van der Waals surface area (Å²) >= 11 is 0. The van der Waals surface area contributed by atoms with Crippen molar-refractivity contribution in [3.8, 4) is 0 Å². The molecular weight excluding hydrogens is 260 g/mol. The van der Waals surface area contributed by atoms with Gasteiger partial charge in [0.05, 0.1) is 0 Å². The van der Waals surface area contributed by atoms with Gasteiger partial charge in [-0.1, -0.05) is 68.2 Å². The summed E-state index contributed by atoms with van der Waals surface area (Å²) in [6, 6.07) is 0.